The maximum atomic E-state index is 6.22. The highest BCUT2D eigenvalue weighted by Crippen LogP contribution is 2.36. The van der Waals surface area contributed by atoms with Crippen LogP contribution in [-0.4, -0.2) is 4.98 Å². The van der Waals surface area contributed by atoms with E-state index >= 15 is 0 Å². The van der Waals surface area contributed by atoms with Gasteiger partial charge in [-0.15, -0.1) is 0 Å². The largest absolute Gasteiger partial charge is 0.397 e. The van der Waals surface area contributed by atoms with Crippen LogP contribution in [0.4, 0.5) is 5.69 Å². The molecule has 0 saturated carbocycles. The third kappa shape index (κ3) is 2.53. The van der Waals surface area contributed by atoms with Crippen LogP contribution in [0, 0.1) is 0 Å². The number of rotatable bonds is 2. The van der Waals surface area contributed by atoms with Crippen LogP contribution < -0.4 is 5.73 Å². The molecule has 0 radical (unpaired) electrons. The van der Waals surface area contributed by atoms with Gasteiger partial charge in [0.05, 0.1) is 5.69 Å². The molecule has 0 amide bonds. The molecule has 0 aliphatic carbocycles. The Hall–Kier alpha value is -1.71. The van der Waals surface area contributed by atoms with E-state index in [1.807, 2.05) is 48.7 Å². The van der Waals surface area contributed by atoms with E-state index in [1.165, 1.54) is 0 Å². The lowest BCUT2D eigenvalue weighted by Gasteiger charge is -2.08. The van der Waals surface area contributed by atoms with Crippen molar-refractivity contribution < 1.29 is 0 Å². The summed E-state index contributed by atoms with van der Waals surface area (Å²) in [5.74, 6) is 0. The molecule has 0 fully saturated rings. The Morgan fingerprint density at radius 1 is 1.00 bits per heavy atom. The number of hydrogen-bond acceptors (Lipinski definition) is 3. The fourth-order valence-electron chi connectivity index (χ4n) is 1.89. The van der Waals surface area contributed by atoms with Gasteiger partial charge in [-0.05, 0) is 36.4 Å². The Balaban J connectivity index is 2.01. The third-order valence-electron chi connectivity index (χ3n) is 2.86. The number of aromatic nitrogens is 1. The molecule has 2 nitrogen and oxygen atoms in total. The van der Waals surface area contributed by atoms with Crippen molar-refractivity contribution in [3.63, 3.8) is 0 Å². The van der Waals surface area contributed by atoms with Gasteiger partial charge in [-0.1, -0.05) is 29.4 Å². The standard InChI is InChI=1S/C15H11ClN2S/c16-11-2-4-12(5-3-11)19-14-6-1-10-9-18-8-7-13(10)15(14)17/h1-9H,17H2. The lowest BCUT2D eigenvalue weighted by molar-refractivity contribution is 1.35. The van der Waals surface area contributed by atoms with Crippen molar-refractivity contribution in [2.45, 2.75) is 9.79 Å². The van der Waals surface area contributed by atoms with Gasteiger partial charge in [-0.3, -0.25) is 4.98 Å². The minimum absolute atomic E-state index is 0.738. The van der Waals surface area contributed by atoms with E-state index in [-0.39, 0.29) is 0 Å². The van der Waals surface area contributed by atoms with Gasteiger partial charge in [-0.2, -0.15) is 0 Å². The first-order valence-corrected chi connectivity index (χ1v) is 6.99. The molecule has 0 spiro atoms. The molecule has 1 heterocycles. The first kappa shape index (κ1) is 12.3. The van der Waals surface area contributed by atoms with Crippen LogP contribution in [0.2, 0.25) is 5.02 Å². The summed E-state index contributed by atoms with van der Waals surface area (Å²) in [7, 11) is 0. The van der Waals surface area contributed by atoms with Gasteiger partial charge >= 0.3 is 0 Å². The average molecular weight is 287 g/mol. The van der Waals surface area contributed by atoms with Crippen LogP contribution in [0.1, 0.15) is 0 Å². The van der Waals surface area contributed by atoms with E-state index in [4.69, 9.17) is 17.3 Å². The first-order chi connectivity index (χ1) is 9.24. The van der Waals surface area contributed by atoms with Crippen molar-refractivity contribution in [2.75, 3.05) is 5.73 Å². The number of anilines is 1. The van der Waals surface area contributed by atoms with E-state index in [9.17, 15) is 0 Å². The van der Waals surface area contributed by atoms with Gasteiger partial charge in [-0.25, -0.2) is 0 Å². The molecule has 0 unspecified atom stereocenters. The summed E-state index contributed by atoms with van der Waals surface area (Å²) in [6.07, 6.45) is 3.58. The van der Waals surface area contributed by atoms with Crippen molar-refractivity contribution in [3.05, 3.63) is 59.9 Å². The van der Waals surface area contributed by atoms with Crippen molar-refractivity contribution in [2.24, 2.45) is 0 Å². The normalized spacial score (nSPS) is 10.8. The summed E-state index contributed by atoms with van der Waals surface area (Å²) < 4.78 is 0. The van der Waals surface area contributed by atoms with Gasteiger partial charge in [0.1, 0.15) is 0 Å². The molecule has 0 bridgehead atoms. The van der Waals surface area contributed by atoms with Crippen LogP contribution in [-0.2, 0) is 0 Å². The molecule has 94 valence electrons. The highest BCUT2D eigenvalue weighted by molar-refractivity contribution is 7.99. The Kier molecular flexibility index (Phi) is 3.32. The van der Waals surface area contributed by atoms with E-state index in [2.05, 4.69) is 4.98 Å². The molecule has 19 heavy (non-hydrogen) atoms. The molecular formula is C15H11ClN2S. The van der Waals surface area contributed by atoms with Crippen LogP contribution in [0.15, 0.2) is 64.6 Å². The molecular weight excluding hydrogens is 276 g/mol. The Morgan fingerprint density at radius 2 is 1.79 bits per heavy atom. The van der Waals surface area contributed by atoms with E-state index in [0.29, 0.717) is 0 Å². The second kappa shape index (κ2) is 5.11. The van der Waals surface area contributed by atoms with Crippen molar-refractivity contribution in [3.8, 4) is 0 Å². The van der Waals surface area contributed by atoms with Gasteiger partial charge in [0.25, 0.3) is 0 Å². The quantitative estimate of drug-likeness (QED) is 0.699. The molecule has 0 aliphatic heterocycles. The molecule has 3 rings (SSSR count). The number of hydrogen-bond donors (Lipinski definition) is 1. The van der Waals surface area contributed by atoms with Crippen LogP contribution in [0.3, 0.4) is 0 Å². The Bertz CT molecular complexity index is 726. The third-order valence-corrected chi connectivity index (χ3v) is 4.20. The fraction of sp³-hybridized carbons (Fsp3) is 0. The van der Waals surface area contributed by atoms with Gasteiger partial charge in [0, 0.05) is 38.0 Å². The van der Waals surface area contributed by atoms with Crippen molar-refractivity contribution in [1.29, 1.82) is 0 Å². The van der Waals surface area contributed by atoms with E-state index < -0.39 is 0 Å². The summed E-state index contributed by atoms with van der Waals surface area (Å²) in [4.78, 5) is 6.26. The molecule has 2 aromatic carbocycles. The molecule has 4 heteroatoms. The number of nitrogens with two attached hydrogens (primary N) is 1. The maximum absolute atomic E-state index is 6.22. The van der Waals surface area contributed by atoms with Gasteiger partial charge in [0.2, 0.25) is 0 Å². The summed E-state index contributed by atoms with van der Waals surface area (Å²) in [5, 5.41) is 2.83. The number of nitrogens with zero attached hydrogens (tertiary/aromatic N) is 1. The number of pyridine rings is 1. The predicted molar refractivity (Wildman–Crippen MR) is 81.7 cm³/mol. The smallest absolute Gasteiger partial charge is 0.0536 e. The minimum atomic E-state index is 0.738. The highest BCUT2D eigenvalue weighted by atomic mass is 35.5. The zero-order valence-corrected chi connectivity index (χ0v) is 11.6. The zero-order chi connectivity index (χ0) is 13.2. The molecule has 2 N–H and O–H groups in total. The summed E-state index contributed by atoms with van der Waals surface area (Å²) in [5.41, 5.74) is 7.01. The van der Waals surface area contributed by atoms with Crippen LogP contribution in [0.25, 0.3) is 10.8 Å². The van der Waals surface area contributed by atoms with Crippen LogP contribution >= 0.6 is 23.4 Å². The van der Waals surface area contributed by atoms with Crippen LogP contribution in [0.5, 0.6) is 0 Å². The van der Waals surface area contributed by atoms with Crippen molar-refractivity contribution in [1.82, 2.24) is 4.98 Å². The van der Waals surface area contributed by atoms with E-state index in [1.54, 1.807) is 18.0 Å². The van der Waals surface area contributed by atoms with Gasteiger partial charge < -0.3 is 5.73 Å². The fourth-order valence-corrected chi connectivity index (χ4v) is 2.90. The maximum Gasteiger partial charge on any atom is 0.0536 e. The van der Waals surface area contributed by atoms with Crippen molar-refractivity contribution >= 4 is 39.8 Å². The monoisotopic (exact) mass is 286 g/mol. The molecule has 3 aromatic rings. The first-order valence-electron chi connectivity index (χ1n) is 5.80. The number of fused-ring (bicyclic) bond motifs is 1. The molecule has 0 saturated heterocycles. The minimum Gasteiger partial charge on any atom is -0.397 e. The van der Waals surface area contributed by atoms with E-state index in [0.717, 1.165) is 31.3 Å². The predicted octanol–water partition coefficient (Wildman–Crippen LogP) is 4.62. The number of benzene rings is 2. The second-order valence-corrected chi connectivity index (χ2v) is 5.68. The topological polar surface area (TPSA) is 38.9 Å². The molecule has 0 aliphatic rings. The lowest BCUT2D eigenvalue weighted by Crippen LogP contribution is -1.91. The summed E-state index contributed by atoms with van der Waals surface area (Å²) in [6.45, 7) is 0. The zero-order valence-electron chi connectivity index (χ0n) is 10.0. The number of nitrogen functional groups attached to an aromatic ring is 1. The second-order valence-electron chi connectivity index (χ2n) is 4.13. The van der Waals surface area contributed by atoms with Gasteiger partial charge in [0.15, 0.2) is 0 Å². The summed E-state index contributed by atoms with van der Waals surface area (Å²) >= 11 is 7.52. The Labute approximate surface area is 120 Å². The SMILES string of the molecule is Nc1c(Sc2ccc(Cl)cc2)ccc2cnccc12. The highest BCUT2D eigenvalue weighted by Gasteiger charge is 2.06. The lowest BCUT2D eigenvalue weighted by atomic mass is 10.1. The average Bonchev–Trinajstić information content (AvgIpc) is 2.45. The molecule has 0 atom stereocenters. The Morgan fingerprint density at radius 3 is 2.58 bits per heavy atom. The number of halogens is 1. The molecule has 1 aromatic heterocycles. The summed E-state index contributed by atoms with van der Waals surface area (Å²) in [6, 6.07) is 13.7.